The summed E-state index contributed by atoms with van der Waals surface area (Å²) < 4.78 is 10.5. The fraction of sp³-hybridized carbons (Fsp3) is 0.789. The molecule has 0 aliphatic rings. The Morgan fingerprint density at radius 1 is 0.535 bits per heavy atom. The minimum absolute atomic E-state index is 0.0834. The lowest BCUT2D eigenvalue weighted by molar-refractivity contribution is -0.161. The van der Waals surface area contributed by atoms with Crippen LogP contribution < -0.4 is 0 Å². The summed E-state index contributed by atoms with van der Waals surface area (Å²) in [7, 11) is 0. The molecule has 0 heterocycles. The van der Waals surface area contributed by atoms with Gasteiger partial charge in [0.15, 0.2) is 6.10 Å². The van der Waals surface area contributed by atoms with Gasteiger partial charge >= 0.3 is 11.9 Å². The molecule has 0 spiro atoms. The highest BCUT2D eigenvalue weighted by Gasteiger charge is 2.16. The molecular formula is C38H68O5. The highest BCUT2D eigenvalue weighted by atomic mass is 16.6. The van der Waals surface area contributed by atoms with Crippen LogP contribution in [0.3, 0.4) is 0 Å². The van der Waals surface area contributed by atoms with Crippen LogP contribution in [-0.2, 0) is 19.1 Å². The van der Waals surface area contributed by atoms with Crippen LogP contribution in [0.2, 0.25) is 0 Å². The Bertz CT molecular complexity index is 696. The fourth-order valence-corrected chi connectivity index (χ4v) is 4.91. The normalized spacial score (nSPS) is 12.5. The van der Waals surface area contributed by atoms with Crippen molar-refractivity contribution in [2.45, 2.75) is 180 Å². The maximum absolute atomic E-state index is 12.1. The molecular weight excluding hydrogens is 536 g/mol. The molecule has 0 radical (unpaired) electrons. The minimum atomic E-state index is -0.782. The van der Waals surface area contributed by atoms with E-state index < -0.39 is 6.10 Å². The van der Waals surface area contributed by atoms with E-state index in [1.165, 1.54) is 96.3 Å². The largest absolute Gasteiger partial charge is 0.462 e. The predicted octanol–water partition coefficient (Wildman–Crippen LogP) is 10.9. The van der Waals surface area contributed by atoms with Crippen LogP contribution in [0.25, 0.3) is 0 Å². The Kier molecular flexibility index (Phi) is 33.1. The Hall–Kier alpha value is -1.88. The van der Waals surface area contributed by atoms with Gasteiger partial charge in [-0.05, 0) is 51.4 Å². The number of aliphatic hydroxyl groups is 1. The lowest BCUT2D eigenvalue weighted by atomic mass is 10.0. The number of carbonyl (C=O) groups excluding carboxylic acids is 2. The van der Waals surface area contributed by atoms with Crippen LogP contribution in [0.1, 0.15) is 174 Å². The SMILES string of the molecule is CCCCC/C=C\C/C=C\C/C=C\CCCCC(=O)OC[C@H](CO)OC(=O)CCCCCCCCCCCCCCCC. The zero-order chi connectivity index (χ0) is 31.5. The molecule has 0 bridgehead atoms. The molecule has 0 amide bonds. The number of carbonyl (C=O) groups is 2. The van der Waals surface area contributed by atoms with Gasteiger partial charge in [-0.2, -0.15) is 0 Å². The van der Waals surface area contributed by atoms with E-state index in [0.29, 0.717) is 12.8 Å². The fourth-order valence-electron chi connectivity index (χ4n) is 4.91. The molecule has 0 saturated carbocycles. The van der Waals surface area contributed by atoms with E-state index in [1.807, 2.05) is 0 Å². The Morgan fingerprint density at radius 2 is 0.930 bits per heavy atom. The monoisotopic (exact) mass is 605 g/mol. The van der Waals surface area contributed by atoms with Crippen molar-refractivity contribution in [3.63, 3.8) is 0 Å². The van der Waals surface area contributed by atoms with Crippen molar-refractivity contribution in [2.75, 3.05) is 13.2 Å². The van der Waals surface area contributed by atoms with Gasteiger partial charge in [0.2, 0.25) is 0 Å². The maximum atomic E-state index is 12.1. The first-order valence-corrected chi connectivity index (χ1v) is 18.0. The minimum Gasteiger partial charge on any atom is -0.462 e. The van der Waals surface area contributed by atoms with Gasteiger partial charge in [-0.1, -0.05) is 147 Å². The molecule has 0 aromatic heterocycles. The standard InChI is InChI=1S/C38H68O5/c1-3-5-7-9-11-13-15-17-19-21-22-24-26-28-30-32-37(40)42-35-36(34-39)43-38(41)33-31-29-27-25-23-20-18-16-14-12-10-8-6-4-2/h11,13,17,19,22,24,36,39H,3-10,12,14-16,18,20-21,23,25-35H2,1-2H3/b13-11-,19-17-,24-22-/t36-/m0/s1. The van der Waals surface area contributed by atoms with Crippen LogP contribution in [-0.4, -0.2) is 36.4 Å². The third-order valence-electron chi connectivity index (χ3n) is 7.69. The molecule has 0 aromatic carbocycles. The van der Waals surface area contributed by atoms with Crippen molar-refractivity contribution in [2.24, 2.45) is 0 Å². The summed E-state index contributed by atoms with van der Waals surface area (Å²) in [4.78, 5) is 24.1. The Labute approximate surface area is 266 Å². The van der Waals surface area contributed by atoms with Gasteiger partial charge in [0.05, 0.1) is 6.61 Å². The van der Waals surface area contributed by atoms with Gasteiger partial charge in [-0.3, -0.25) is 9.59 Å². The molecule has 0 fully saturated rings. The molecule has 0 saturated heterocycles. The number of ether oxygens (including phenoxy) is 2. The van der Waals surface area contributed by atoms with Crippen molar-refractivity contribution >= 4 is 11.9 Å². The first kappa shape index (κ1) is 41.1. The van der Waals surface area contributed by atoms with Crippen LogP contribution in [0.15, 0.2) is 36.5 Å². The third-order valence-corrected chi connectivity index (χ3v) is 7.69. The van der Waals surface area contributed by atoms with E-state index in [9.17, 15) is 14.7 Å². The van der Waals surface area contributed by atoms with Crippen LogP contribution in [0, 0.1) is 0 Å². The highest BCUT2D eigenvalue weighted by Crippen LogP contribution is 2.14. The Morgan fingerprint density at radius 3 is 1.44 bits per heavy atom. The second-order valence-corrected chi connectivity index (χ2v) is 12.0. The highest BCUT2D eigenvalue weighted by molar-refractivity contribution is 5.70. The lowest BCUT2D eigenvalue weighted by Crippen LogP contribution is -2.28. The van der Waals surface area contributed by atoms with Gasteiger partial charge in [0, 0.05) is 12.8 Å². The smallest absolute Gasteiger partial charge is 0.306 e. The summed E-state index contributed by atoms with van der Waals surface area (Å²) in [5.74, 6) is -0.634. The first-order valence-electron chi connectivity index (χ1n) is 18.0. The van der Waals surface area contributed by atoms with Gasteiger partial charge in [0.1, 0.15) is 6.61 Å². The summed E-state index contributed by atoms with van der Waals surface area (Å²) in [5.41, 5.74) is 0. The van der Waals surface area contributed by atoms with Crippen LogP contribution in [0.4, 0.5) is 0 Å². The maximum Gasteiger partial charge on any atom is 0.306 e. The van der Waals surface area contributed by atoms with E-state index >= 15 is 0 Å². The van der Waals surface area contributed by atoms with E-state index in [-0.39, 0.29) is 25.2 Å². The summed E-state index contributed by atoms with van der Waals surface area (Å²) in [5, 5.41) is 9.51. The molecule has 0 unspecified atom stereocenters. The average Bonchev–Trinajstić information content (AvgIpc) is 3.01. The quantitative estimate of drug-likeness (QED) is 0.0470. The first-order chi connectivity index (χ1) is 21.1. The number of aliphatic hydroxyl groups excluding tert-OH is 1. The summed E-state index contributed by atoms with van der Waals surface area (Å²) in [6.07, 6.45) is 40.5. The summed E-state index contributed by atoms with van der Waals surface area (Å²) >= 11 is 0. The van der Waals surface area contributed by atoms with Gasteiger partial charge < -0.3 is 14.6 Å². The summed E-state index contributed by atoms with van der Waals surface area (Å²) in [6.45, 7) is 4.07. The van der Waals surface area contributed by atoms with Gasteiger partial charge in [0.25, 0.3) is 0 Å². The summed E-state index contributed by atoms with van der Waals surface area (Å²) in [6, 6.07) is 0. The number of hydrogen-bond donors (Lipinski definition) is 1. The molecule has 1 N–H and O–H groups in total. The predicted molar refractivity (Wildman–Crippen MR) is 182 cm³/mol. The van der Waals surface area contributed by atoms with Gasteiger partial charge in [-0.25, -0.2) is 0 Å². The van der Waals surface area contributed by atoms with Crippen LogP contribution in [0.5, 0.6) is 0 Å². The van der Waals surface area contributed by atoms with E-state index in [2.05, 4.69) is 50.3 Å². The number of hydrogen-bond acceptors (Lipinski definition) is 5. The number of allylic oxidation sites excluding steroid dienone is 6. The Balaban J connectivity index is 3.63. The van der Waals surface area contributed by atoms with Crippen LogP contribution >= 0.6 is 0 Å². The lowest BCUT2D eigenvalue weighted by Gasteiger charge is -2.15. The molecule has 5 nitrogen and oxygen atoms in total. The van der Waals surface area contributed by atoms with Crippen molar-refractivity contribution in [1.29, 1.82) is 0 Å². The molecule has 0 rings (SSSR count). The van der Waals surface area contributed by atoms with E-state index in [1.54, 1.807) is 0 Å². The average molecular weight is 605 g/mol. The topological polar surface area (TPSA) is 72.8 Å². The van der Waals surface area contributed by atoms with Gasteiger partial charge in [-0.15, -0.1) is 0 Å². The molecule has 0 aliphatic heterocycles. The number of rotatable bonds is 32. The molecule has 0 aliphatic carbocycles. The number of esters is 2. The van der Waals surface area contributed by atoms with Crippen molar-refractivity contribution in [1.82, 2.24) is 0 Å². The molecule has 5 heteroatoms. The zero-order valence-electron chi connectivity index (χ0n) is 28.2. The molecule has 250 valence electrons. The van der Waals surface area contributed by atoms with Crippen molar-refractivity contribution in [3.8, 4) is 0 Å². The van der Waals surface area contributed by atoms with Crippen molar-refractivity contribution in [3.05, 3.63) is 36.5 Å². The van der Waals surface area contributed by atoms with E-state index in [4.69, 9.17) is 9.47 Å². The second kappa shape index (κ2) is 34.6. The zero-order valence-corrected chi connectivity index (χ0v) is 28.2. The number of unbranched alkanes of at least 4 members (excludes halogenated alkanes) is 18. The molecule has 43 heavy (non-hydrogen) atoms. The molecule has 1 atom stereocenters. The molecule has 0 aromatic rings. The third kappa shape index (κ3) is 32.9. The second-order valence-electron chi connectivity index (χ2n) is 12.0. The van der Waals surface area contributed by atoms with Crippen molar-refractivity contribution < 1.29 is 24.2 Å². The van der Waals surface area contributed by atoms with E-state index in [0.717, 1.165) is 51.4 Å².